The van der Waals surface area contributed by atoms with Crippen LogP contribution in [-0.4, -0.2) is 17.0 Å². The van der Waals surface area contributed by atoms with Gasteiger partial charge in [0.05, 0.1) is 0 Å². The van der Waals surface area contributed by atoms with Crippen LogP contribution in [0.15, 0.2) is 24.4 Å². The summed E-state index contributed by atoms with van der Waals surface area (Å²) >= 11 is 0. The Morgan fingerprint density at radius 2 is 1.83 bits per heavy atom. The van der Waals surface area contributed by atoms with Crippen molar-refractivity contribution in [1.29, 1.82) is 0 Å². The number of rotatable bonds is 3. The second kappa shape index (κ2) is 5.04. The van der Waals surface area contributed by atoms with E-state index in [1.54, 1.807) is 0 Å². The predicted molar refractivity (Wildman–Crippen MR) is 75.5 cm³/mol. The Morgan fingerprint density at radius 1 is 1.06 bits per heavy atom. The summed E-state index contributed by atoms with van der Waals surface area (Å²) in [6, 6.07) is 6.20. The Hall–Kier alpha value is -2.10. The molecule has 2 aromatic rings. The lowest BCUT2D eigenvalue weighted by atomic mass is 10.1. The fourth-order valence-corrected chi connectivity index (χ4v) is 1.70. The molecule has 2 rings (SSSR count). The maximum atomic E-state index is 4.42. The van der Waals surface area contributed by atoms with Crippen molar-refractivity contribution in [3.63, 3.8) is 0 Å². The van der Waals surface area contributed by atoms with Crippen molar-refractivity contribution in [2.45, 2.75) is 20.8 Å². The molecule has 0 saturated heterocycles. The van der Waals surface area contributed by atoms with Gasteiger partial charge in [-0.3, -0.25) is 0 Å². The number of nitrogens with one attached hydrogen (secondary N) is 2. The normalized spacial score (nSPS) is 10.2. The summed E-state index contributed by atoms with van der Waals surface area (Å²) in [5.41, 5.74) is 4.61. The number of anilines is 3. The molecule has 2 N–H and O–H groups in total. The molecule has 0 aliphatic heterocycles. The van der Waals surface area contributed by atoms with E-state index in [2.05, 4.69) is 46.6 Å². The number of hydrogen-bond acceptors (Lipinski definition) is 4. The van der Waals surface area contributed by atoms with E-state index in [9.17, 15) is 0 Å². The predicted octanol–water partition coefficient (Wildman–Crippen LogP) is 3.19. The van der Waals surface area contributed by atoms with Gasteiger partial charge in [0.25, 0.3) is 0 Å². The van der Waals surface area contributed by atoms with E-state index in [0.717, 1.165) is 17.1 Å². The summed E-state index contributed by atoms with van der Waals surface area (Å²) in [4.78, 5) is 8.60. The zero-order valence-corrected chi connectivity index (χ0v) is 11.2. The Balaban J connectivity index is 2.36. The highest BCUT2D eigenvalue weighted by Crippen LogP contribution is 2.23. The molecule has 0 aliphatic rings. The molecule has 0 aliphatic carbocycles. The fourth-order valence-electron chi connectivity index (χ4n) is 1.70. The molecule has 0 unspecified atom stereocenters. The van der Waals surface area contributed by atoms with Gasteiger partial charge in [0.1, 0.15) is 5.82 Å². The van der Waals surface area contributed by atoms with Crippen molar-refractivity contribution < 1.29 is 0 Å². The summed E-state index contributed by atoms with van der Waals surface area (Å²) < 4.78 is 0. The van der Waals surface area contributed by atoms with E-state index in [1.165, 1.54) is 11.1 Å². The van der Waals surface area contributed by atoms with Crippen LogP contribution in [-0.2, 0) is 0 Å². The topological polar surface area (TPSA) is 49.8 Å². The van der Waals surface area contributed by atoms with Gasteiger partial charge in [-0.05, 0) is 38.0 Å². The molecule has 4 nitrogen and oxygen atoms in total. The Bertz CT molecular complexity index is 564. The van der Waals surface area contributed by atoms with Gasteiger partial charge >= 0.3 is 0 Å². The molecule has 0 spiro atoms. The molecule has 1 aromatic heterocycles. The van der Waals surface area contributed by atoms with Crippen LogP contribution in [0.3, 0.4) is 0 Å². The lowest BCUT2D eigenvalue weighted by Crippen LogP contribution is -2.03. The summed E-state index contributed by atoms with van der Waals surface area (Å²) in [7, 11) is 1.81. The molecule has 18 heavy (non-hydrogen) atoms. The number of aromatic nitrogens is 2. The van der Waals surface area contributed by atoms with Crippen molar-refractivity contribution in [3.8, 4) is 0 Å². The molecular weight excluding hydrogens is 224 g/mol. The molecule has 0 radical (unpaired) electrons. The van der Waals surface area contributed by atoms with Crippen LogP contribution >= 0.6 is 0 Å². The van der Waals surface area contributed by atoms with Crippen molar-refractivity contribution in [2.24, 2.45) is 0 Å². The van der Waals surface area contributed by atoms with Gasteiger partial charge in [-0.15, -0.1) is 0 Å². The van der Waals surface area contributed by atoms with E-state index in [0.29, 0.717) is 5.95 Å². The first kappa shape index (κ1) is 12.4. The van der Waals surface area contributed by atoms with Gasteiger partial charge in [-0.2, -0.15) is 4.98 Å². The molecule has 0 amide bonds. The smallest absolute Gasteiger partial charge is 0.224 e. The molecule has 1 aromatic carbocycles. The van der Waals surface area contributed by atoms with E-state index in [1.807, 2.05) is 26.2 Å². The van der Waals surface area contributed by atoms with Crippen LogP contribution in [0.25, 0.3) is 0 Å². The number of benzene rings is 1. The highest BCUT2D eigenvalue weighted by atomic mass is 15.1. The van der Waals surface area contributed by atoms with Gasteiger partial charge in [0, 0.05) is 24.5 Å². The molecule has 0 bridgehead atoms. The van der Waals surface area contributed by atoms with Gasteiger partial charge in [0.2, 0.25) is 5.95 Å². The Kier molecular flexibility index (Phi) is 3.46. The minimum absolute atomic E-state index is 0.619. The van der Waals surface area contributed by atoms with Gasteiger partial charge in [0.15, 0.2) is 0 Å². The number of hydrogen-bond donors (Lipinski definition) is 2. The van der Waals surface area contributed by atoms with Crippen molar-refractivity contribution >= 4 is 17.5 Å². The fraction of sp³-hybridized carbons (Fsp3) is 0.286. The van der Waals surface area contributed by atoms with Crippen LogP contribution in [0.2, 0.25) is 0 Å². The SMILES string of the molecule is CNc1ncc(C)c(Nc2cccc(C)c2C)n1. The highest BCUT2D eigenvalue weighted by Gasteiger charge is 2.06. The molecule has 0 saturated carbocycles. The van der Waals surface area contributed by atoms with Crippen LogP contribution in [0.1, 0.15) is 16.7 Å². The molecule has 4 heteroatoms. The average molecular weight is 242 g/mol. The summed E-state index contributed by atoms with van der Waals surface area (Å²) in [6.45, 7) is 6.20. The Labute approximate surface area is 107 Å². The summed E-state index contributed by atoms with van der Waals surface area (Å²) in [5, 5.41) is 6.31. The van der Waals surface area contributed by atoms with Crippen LogP contribution in [0, 0.1) is 20.8 Å². The van der Waals surface area contributed by atoms with E-state index in [-0.39, 0.29) is 0 Å². The van der Waals surface area contributed by atoms with Crippen LogP contribution in [0.4, 0.5) is 17.5 Å². The first-order valence-electron chi connectivity index (χ1n) is 5.96. The second-order valence-electron chi connectivity index (χ2n) is 4.35. The van der Waals surface area contributed by atoms with Crippen molar-refractivity contribution in [2.75, 3.05) is 17.7 Å². The van der Waals surface area contributed by atoms with E-state index in [4.69, 9.17) is 0 Å². The zero-order valence-electron chi connectivity index (χ0n) is 11.2. The van der Waals surface area contributed by atoms with Crippen LogP contribution < -0.4 is 10.6 Å². The zero-order chi connectivity index (χ0) is 13.1. The standard InChI is InChI=1S/C14H18N4/c1-9-6-5-7-12(11(9)3)17-13-10(2)8-16-14(15-4)18-13/h5-8H,1-4H3,(H2,15,16,17,18). The third-order valence-corrected chi connectivity index (χ3v) is 3.05. The Morgan fingerprint density at radius 3 is 2.56 bits per heavy atom. The summed E-state index contributed by atoms with van der Waals surface area (Å²) in [6.07, 6.45) is 1.81. The first-order chi connectivity index (χ1) is 8.61. The first-order valence-corrected chi connectivity index (χ1v) is 5.96. The minimum Gasteiger partial charge on any atom is -0.357 e. The van der Waals surface area contributed by atoms with E-state index < -0.39 is 0 Å². The number of aryl methyl sites for hydroxylation is 2. The molecule has 94 valence electrons. The molecular formula is C14H18N4. The van der Waals surface area contributed by atoms with E-state index >= 15 is 0 Å². The van der Waals surface area contributed by atoms with Gasteiger partial charge in [-0.1, -0.05) is 12.1 Å². The maximum absolute atomic E-state index is 4.42. The van der Waals surface area contributed by atoms with Crippen molar-refractivity contribution in [3.05, 3.63) is 41.1 Å². The minimum atomic E-state index is 0.619. The average Bonchev–Trinajstić information content (AvgIpc) is 2.37. The maximum Gasteiger partial charge on any atom is 0.224 e. The second-order valence-corrected chi connectivity index (χ2v) is 4.35. The molecule has 0 fully saturated rings. The lowest BCUT2D eigenvalue weighted by molar-refractivity contribution is 1.12. The third kappa shape index (κ3) is 2.42. The highest BCUT2D eigenvalue weighted by molar-refractivity contribution is 5.64. The summed E-state index contributed by atoms with van der Waals surface area (Å²) in [5.74, 6) is 1.46. The number of nitrogens with zero attached hydrogens (tertiary/aromatic N) is 2. The monoisotopic (exact) mass is 242 g/mol. The molecule has 1 heterocycles. The van der Waals surface area contributed by atoms with Gasteiger partial charge in [-0.25, -0.2) is 4.98 Å². The quantitative estimate of drug-likeness (QED) is 0.868. The van der Waals surface area contributed by atoms with Crippen molar-refractivity contribution in [1.82, 2.24) is 9.97 Å². The lowest BCUT2D eigenvalue weighted by Gasteiger charge is -2.13. The van der Waals surface area contributed by atoms with Gasteiger partial charge < -0.3 is 10.6 Å². The molecule has 0 atom stereocenters. The third-order valence-electron chi connectivity index (χ3n) is 3.05. The van der Waals surface area contributed by atoms with Crippen LogP contribution in [0.5, 0.6) is 0 Å². The largest absolute Gasteiger partial charge is 0.357 e.